The molecule has 10 nitrogen and oxygen atoms in total. The minimum absolute atomic E-state index is 0.175. The molecule has 3 rings (SSSR count). The molecule has 0 fully saturated rings. The molecule has 27 heavy (non-hydrogen) atoms. The van der Waals surface area contributed by atoms with Crippen molar-refractivity contribution in [3.8, 4) is 0 Å². The van der Waals surface area contributed by atoms with Gasteiger partial charge in [-0.15, -0.1) is 0 Å². The van der Waals surface area contributed by atoms with E-state index in [1.54, 1.807) is 0 Å². The topological polar surface area (TPSA) is 135 Å². The number of non-ortho nitro benzene ring substituents is 1. The highest BCUT2D eigenvalue weighted by Gasteiger charge is 2.25. The van der Waals surface area contributed by atoms with Crippen LogP contribution in [-0.4, -0.2) is 31.3 Å². The lowest BCUT2D eigenvalue weighted by Gasteiger charge is -2.27. The maximum absolute atomic E-state index is 12.3. The van der Waals surface area contributed by atoms with Gasteiger partial charge in [0, 0.05) is 44.1 Å². The smallest absolute Gasteiger partial charge is 0.280 e. The van der Waals surface area contributed by atoms with E-state index in [2.05, 4.69) is 9.97 Å². The molecule has 0 saturated heterocycles. The zero-order valence-electron chi connectivity index (χ0n) is 14.8. The molecule has 1 N–H and O–H groups in total. The highest BCUT2D eigenvalue weighted by Crippen LogP contribution is 2.27. The number of hydrogen-bond donors (Lipinski definition) is 1. The van der Waals surface area contributed by atoms with Gasteiger partial charge in [-0.3, -0.25) is 29.9 Å². The van der Waals surface area contributed by atoms with Crippen LogP contribution in [0.15, 0.2) is 23.0 Å². The van der Waals surface area contributed by atoms with Crippen molar-refractivity contribution in [1.82, 2.24) is 14.9 Å². The van der Waals surface area contributed by atoms with E-state index in [1.807, 2.05) is 11.8 Å². The zero-order chi connectivity index (χ0) is 19.6. The van der Waals surface area contributed by atoms with Crippen LogP contribution in [0.1, 0.15) is 36.0 Å². The lowest BCUT2D eigenvalue weighted by molar-refractivity contribution is -0.394. The number of aromatic amines is 1. The van der Waals surface area contributed by atoms with Crippen molar-refractivity contribution in [2.45, 2.75) is 39.3 Å². The Morgan fingerprint density at radius 1 is 1.26 bits per heavy atom. The van der Waals surface area contributed by atoms with E-state index in [0.29, 0.717) is 42.9 Å². The summed E-state index contributed by atoms with van der Waals surface area (Å²) in [6, 6.07) is 3.63. The second kappa shape index (κ2) is 7.62. The predicted octanol–water partition coefficient (Wildman–Crippen LogP) is 2.10. The van der Waals surface area contributed by atoms with E-state index < -0.39 is 9.85 Å². The van der Waals surface area contributed by atoms with Gasteiger partial charge in [0.05, 0.1) is 27.2 Å². The monoisotopic (exact) mass is 373 g/mol. The Labute approximate surface area is 154 Å². The fourth-order valence-electron chi connectivity index (χ4n) is 3.23. The van der Waals surface area contributed by atoms with Crippen LogP contribution in [0.4, 0.5) is 11.4 Å². The van der Waals surface area contributed by atoms with E-state index in [4.69, 9.17) is 0 Å². The maximum atomic E-state index is 12.3. The summed E-state index contributed by atoms with van der Waals surface area (Å²) in [4.78, 5) is 42.4. The first-order valence-corrected chi connectivity index (χ1v) is 8.64. The second-order valence-corrected chi connectivity index (χ2v) is 6.48. The molecule has 1 aliphatic heterocycles. The zero-order valence-corrected chi connectivity index (χ0v) is 14.8. The first-order chi connectivity index (χ1) is 12.9. The third-order valence-corrected chi connectivity index (χ3v) is 4.55. The van der Waals surface area contributed by atoms with Crippen molar-refractivity contribution in [3.63, 3.8) is 0 Å². The Kier molecular flexibility index (Phi) is 5.26. The molecule has 0 atom stereocenters. The molecule has 1 aliphatic rings. The number of fused-ring (bicyclic) bond motifs is 1. The van der Waals surface area contributed by atoms with Gasteiger partial charge in [0.15, 0.2) is 0 Å². The van der Waals surface area contributed by atoms with Crippen LogP contribution in [0.2, 0.25) is 0 Å². The Morgan fingerprint density at radius 3 is 2.70 bits per heavy atom. The first kappa shape index (κ1) is 18.6. The van der Waals surface area contributed by atoms with Crippen LogP contribution >= 0.6 is 0 Å². The van der Waals surface area contributed by atoms with Crippen molar-refractivity contribution in [1.29, 1.82) is 0 Å². The summed E-state index contributed by atoms with van der Waals surface area (Å²) >= 11 is 0. The number of nitro benzene ring substituents is 2. The lowest BCUT2D eigenvalue weighted by atomic mass is 10.0. The predicted molar refractivity (Wildman–Crippen MR) is 96.4 cm³/mol. The van der Waals surface area contributed by atoms with E-state index >= 15 is 0 Å². The number of aromatic nitrogens is 2. The van der Waals surface area contributed by atoms with Crippen LogP contribution < -0.4 is 5.56 Å². The van der Waals surface area contributed by atoms with Gasteiger partial charge >= 0.3 is 0 Å². The van der Waals surface area contributed by atoms with Gasteiger partial charge in [-0.2, -0.15) is 0 Å². The quantitative estimate of drug-likeness (QED) is 0.605. The SMILES string of the molecule is CCCc1nc2c(c(=O)[nH]1)CN(Cc1ccc([N+](=O)[O-])cc1[N+](=O)[O-])CC2. The van der Waals surface area contributed by atoms with Gasteiger partial charge < -0.3 is 4.98 Å². The molecule has 2 heterocycles. The van der Waals surface area contributed by atoms with E-state index in [1.165, 1.54) is 12.1 Å². The number of nitro groups is 2. The Hall–Kier alpha value is -3.14. The van der Waals surface area contributed by atoms with Crippen LogP contribution in [0.3, 0.4) is 0 Å². The summed E-state index contributed by atoms with van der Waals surface area (Å²) in [6.45, 7) is 3.17. The molecule has 0 radical (unpaired) electrons. The first-order valence-electron chi connectivity index (χ1n) is 8.64. The molecule has 1 aromatic carbocycles. The van der Waals surface area contributed by atoms with Crippen molar-refractivity contribution in [2.24, 2.45) is 0 Å². The van der Waals surface area contributed by atoms with Crippen LogP contribution in [0.25, 0.3) is 0 Å². The fourth-order valence-corrected chi connectivity index (χ4v) is 3.23. The largest absolute Gasteiger partial charge is 0.310 e. The molecule has 0 unspecified atom stereocenters. The molecule has 142 valence electrons. The number of nitrogens with one attached hydrogen (secondary N) is 1. The van der Waals surface area contributed by atoms with Gasteiger partial charge in [-0.1, -0.05) is 6.92 Å². The number of nitrogens with zero attached hydrogens (tertiary/aromatic N) is 4. The fraction of sp³-hybridized carbons (Fsp3) is 0.412. The molecular formula is C17H19N5O5. The molecule has 10 heteroatoms. The average molecular weight is 373 g/mol. The highest BCUT2D eigenvalue weighted by molar-refractivity contribution is 5.49. The standard InChI is InChI=1S/C17H19N5O5/c1-2-3-16-18-14-6-7-20(10-13(14)17(23)19-16)9-11-4-5-12(21(24)25)8-15(11)22(26)27/h4-5,8H,2-3,6-7,9-10H2,1H3,(H,18,19,23). The van der Waals surface area contributed by atoms with E-state index in [9.17, 15) is 25.0 Å². The molecule has 0 amide bonds. The molecule has 0 aliphatic carbocycles. The van der Waals surface area contributed by atoms with Gasteiger partial charge in [-0.05, 0) is 12.5 Å². The van der Waals surface area contributed by atoms with Crippen molar-refractivity contribution < 1.29 is 9.85 Å². The van der Waals surface area contributed by atoms with Crippen molar-refractivity contribution in [3.05, 3.63) is 71.4 Å². The van der Waals surface area contributed by atoms with Crippen LogP contribution in [0, 0.1) is 20.2 Å². The second-order valence-electron chi connectivity index (χ2n) is 6.48. The minimum Gasteiger partial charge on any atom is -0.310 e. The number of H-pyrrole nitrogens is 1. The van der Waals surface area contributed by atoms with E-state index in [-0.39, 0.29) is 23.5 Å². The number of hydrogen-bond acceptors (Lipinski definition) is 7. The summed E-state index contributed by atoms with van der Waals surface area (Å²) in [5.41, 5.74) is 0.938. The molecule has 0 saturated carbocycles. The minimum atomic E-state index is -0.660. The maximum Gasteiger partial charge on any atom is 0.280 e. The van der Waals surface area contributed by atoms with Crippen molar-refractivity contribution >= 4 is 11.4 Å². The van der Waals surface area contributed by atoms with Gasteiger partial charge in [0.25, 0.3) is 16.9 Å². The van der Waals surface area contributed by atoms with Crippen LogP contribution in [-0.2, 0) is 25.9 Å². The van der Waals surface area contributed by atoms with Gasteiger partial charge in [0.1, 0.15) is 5.82 Å². The molecule has 0 spiro atoms. The number of benzene rings is 1. The highest BCUT2D eigenvalue weighted by atomic mass is 16.6. The number of rotatable bonds is 6. The normalized spacial score (nSPS) is 14.0. The molecule has 2 aromatic rings. The van der Waals surface area contributed by atoms with Crippen LogP contribution in [0.5, 0.6) is 0 Å². The lowest BCUT2D eigenvalue weighted by Crippen LogP contribution is -2.36. The number of aryl methyl sites for hydroxylation is 1. The van der Waals surface area contributed by atoms with Gasteiger partial charge in [0.2, 0.25) is 0 Å². The molecular weight excluding hydrogens is 354 g/mol. The van der Waals surface area contributed by atoms with E-state index in [0.717, 1.165) is 18.2 Å². The Bertz CT molecular complexity index is 955. The average Bonchev–Trinajstić information content (AvgIpc) is 2.62. The molecule has 0 bridgehead atoms. The summed E-state index contributed by atoms with van der Waals surface area (Å²) in [7, 11) is 0. The third-order valence-electron chi connectivity index (χ3n) is 4.55. The molecule has 1 aromatic heterocycles. The van der Waals surface area contributed by atoms with Crippen molar-refractivity contribution in [2.75, 3.05) is 6.54 Å². The Morgan fingerprint density at radius 2 is 2.04 bits per heavy atom. The summed E-state index contributed by atoms with van der Waals surface area (Å²) in [6.07, 6.45) is 2.18. The third kappa shape index (κ3) is 4.00. The summed E-state index contributed by atoms with van der Waals surface area (Å²) in [5, 5.41) is 22.1. The Balaban J connectivity index is 1.84. The summed E-state index contributed by atoms with van der Waals surface area (Å²) in [5.74, 6) is 0.681. The van der Waals surface area contributed by atoms with Gasteiger partial charge in [-0.25, -0.2) is 4.98 Å². The summed E-state index contributed by atoms with van der Waals surface area (Å²) < 4.78 is 0.